The smallest absolute Gasteiger partial charge is 0.377 e. The first-order chi connectivity index (χ1) is 11.6. The van der Waals surface area contributed by atoms with E-state index in [0.29, 0.717) is 45.1 Å². The summed E-state index contributed by atoms with van der Waals surface area (Å²) in [5.41, 5.74) is -4.47. The number of hydrogen-bond acceptors (Lipinski definition) is 3. The Morgan fingerprint density at radius 3 is 2.00 bits per heavy atom. The van der Waals surface area contributed by atoms with Gasteiger partial charge in [0.1, 0.15) is 0 Å². The standard InChI is InChI=1S/C15H22F6N2O2/c16-14(17,18)13(15(19,20)21,22-9-11-7-4-8-25-11)23-12(24)10-5-2-1-3-6-10/h10-11,22H,1-9H2,(H,23,24). The van der Waals surface area contributed by atoms with E-state index in [1.165, 1.54) is 10.6 Å². The maximum Gasteiger partial charge on any atom is 0.434 e. The lowest BCUT2D eigenvalue weighted by molar-refractivity contribution is -0.316. The van der Waals surface area contributed by atoms with Gasteiger partial charge in [-0.05, 0) is 25.7 Å². The lowest BCUT2D eigenvalue weighted by Gasteiger charge is -2.40. The fourth-order valence-corrected chi connectivity index (χ4v) is 3.27. The van der Waals surface area contributed by atoms with Crippen LogP contribution in [0.25, 0.3) is 0 Å². The van der Waals surface area contributed by atoms with E-state index in [1.54, 1.807) is 0 Å². The summed E-state index contributed by atoms with van der Waals surface area (Å²) in [7, 11) is 0. The van der Waals surface area contributed by atoms with E-state index >= 15 is 0 Å². The number of nitrogens with one attached hydrogen (secondary N) is 2. The minimum atomic E-state index is -5.74. The number of alkyl halides is 6. The van der Waals surface area contributed by atoms with Gasteiger partial charge in [-0.25, -0.2) is 0 Å². The summed E-state index contributed by atoms with van der Waals surface area (Å²) < 4.78 is 85.7. The van der Waals surface area contributed by atoms with Crippen molar-refractivity contribution in [1.29, 1.82) is 0 Å². The number of rotatable bonds is 5. The molecule has 1 aliphatic heterocycles. The molecule has 2 rings (SSSR count). The largest absolute Gasteiger partial charge is 0.434 e. The first-order valence-corrected chi connectivity index (χ1v) is 8.39. The van der Waals surface area contributed by atoms with Crippen LogP contribution in [0.2, 0.25) is 0 Å². The highest BCUT2D eigenvalue weighted by Crippen LogP contribution is 2.42. The van der Waals surface area contributed by atoms with Crippen molar-refractivity contribution in [3.63, 3.8) is 0 Å². The number of carbonyl (C=O) groups is 1. The molecule has 0 aromatic rings. The van der Waals surface area contributed by atoms with Crippen LogP contribution in [0.1, 0.15) is 44.9 Å². The van der Waals surface area contributed by atoms with Crippen LogP contribution in [0.5, 0.6) is 0 Å². The summed E-state index contributed by atoms with van der Waals surface area (Å²) in [6, 6.07) is 0. The molecule has 1 saturated carbocycles. The van der Waals surface area contributed by atoms with E-state index in [4.69, 9.17) is 4.74 Å². The fraction of sp³-hybridized carbons (Fsp3) is 0.933. The van der Waals surface area contributed by atoms with Gasteiger partial charge < -0.3 is 10.1 Å². The highest BCUT2D eigenvalue weighted by molar-refractivity contribution is 5.79. The van der Waals surface area contributed by atoms with Crippen LogP contribution in [0, 0.1) is 5.92 Å². The van der Waals surface area contributed by atoms with E-state index in [1.807, 2.05) is 0 Å². The lowest BCUT2D eigenvalue weighted by Crippen LogP contribution is -2.76. The maximum atomic E-state index is 13.4. The Balaban J connectivity index is 2.20. The van der Waals surface area contributed by atoms with E-state index < -0.39 is 42.5 Å². The van der Waals surface area contributed by atoms with Crippen LogP contribution in [0.3, 0.4) is 0 Å². The van der Waals surface area contributed by atoms with Gasteiger partial charge in [-0.3, -0.25) is 10.1 Å². The predicted octanol–water partition coefficient (Wildman–Crippen LogP) is 3.27. The van der Waals surface area contributed by atoms with E-state index in [-0.39, 0.29) is 0 Å². The highest BCUT2D eigenvalue weighted by atomic mass is 19.4. The van der Waals surface area contributed by atoms with Crippen molar-refractivity contribution in [3.05, 3.63) is 0 Å². The van der Waals surface area contributed by atoms with Crippen molar-refractivity contribution in [2.24, 2.45) is 5.92 Å². The zero-order chi connectivity index (χ0) is 18.7. The molecule has 4 nitrogen and oxygen atoms in total. The highest BCUT2D eigenvalue weighted by Gasteiger charge is 2.72. The molecule has 2 N–H and O–H groups in total. The van der Waals surface area contributed by atoms with Crippen LogP contribution in [0.4, 0.5) is 26.3 Å². The summed E-state index contributed by atoms with van der Waals surface area (Å²) in [5.74, 6) is -2.04. The maximum absolute atomic E-state index is 13.4. The van der Waals surface area contributed by atoms with Gasteiger partial charge in [0.2, 0.25) is 5.91 Å². The fourth-order valence-electron chi connectivity index (χ4n) is 3.27. The average molecular weight is 376 g/mol. The molecule has 0 aromatic carbocycles. The molecule has 2 fully saturated rings. The normalized spacial score (nSPS) is 23.7. The average Bonchev–Trinajstić information content (AvgIpc) is 3.03. The molecular weight excluding hydrogens is 354 g/mol. The van der Waals surface area contributed by atoms with Gasteiger partial charge in [0.15, 0.2) is 0 Å². The second-order valence-electron chi connectivity index (χ2n) is 6.59. The van der Waals surface area contributed by atoms with Crippen LogP contribution in [-0.4, -0.2) is 43.2 Å². The predicted molar refractivity (Wildman–Crippen MR) is 76.5 cm³/mol. The molecular formula is C15H22F6N2O2. The third kappa shape index (κ3) is 4.58. The van der Waals surface area contributed by atoms with Gasteiger partial charge in [-0.15, -0.1) is 0 Å². The molecule has 1 unspecified atom stereocenters. The first-order valence-electron chi connectivity index (χ1n) is 8.39. The Kier molecular flexibility index (Phi) is 6.24. The third-order valence-corrected chi connectivity index (χ3v) is 4.76. The quantitative estimate of drug-likeness (QED) is 0.572. The Morgan fingerprint density at radius 1 is 0.920 bits per heavy atom. The van der Waals surface area contributed by atoms with Crippen molar-refractivity contribution >= 4 is 5.91 Å². The molecule has 0 spiro atoms. The summed E-state index contributed by atoms with van der Waals surface area (Å²) >= 11 is 0. The Hall–Kier alpha value is -1.03. The zero-order valence-electron chi connectivity index (χ0n) is 13.6. The molecule has 1 saturated heterocycles. The van der Waals surface area contributed by atoms with Crippen molar-refractivity contribution in [2.75, 3.05) is 13.2 Å². The van der Waals surface area contributed by atoms with Gasteiger partial charge in [0.25, 0.3) is 5.66 Å². The number of hydrogen-bond donors (Lipinski definition) is 2. The molecule has 1 amide bonds. The first kappa shape index (κ1) is 20.3. The van der Waals surface area contributed by atoms with Crippen LogP contribution in [-0.2, 0) is 9.53 Å². The summed E-state index contributed by atoms with van der Waals surface area (Å²) in [4.78, 5) is 12.1. The second kappa shape index (κ2) is 7.69. The van der Waals surface area contributed by atoms with Gasteiger partial charge in [-0.1, -0.05) is 19.3 Å². The van der Waals surface area contributed by atoms with Gasteiger partial charge >= 0.3 is 12.4 Å². The summed E-state index contributed by atoms with van der Waals surface area (Å²) in [5, 5.41) is 2.77. The SMILES string of the molecule is O=C(NC(NCC1CCCO1)(C(F)(F)F)C(F)(F)F)C1CCCCC1. The third-order valence-electron chi connectivity index (χ3n) is 4.76. The van der Waals surface area contributed by atoms with Crippen LogP contribution in [0.15, 0.2) is 0 Å². The van der Waals surface area contributed by atoms with Crippen LogP contribution < -0.4 is 10.6 Å². The zero-order valence-corrected chi connectivity index (χ0v) is 13.6. The summed E-state index contributed by atoms with van der Waals surface area (Å²) in [6.07, 6.45) is -8.63. The van der Waals surface area contributed by atoms with Gasteiger partial charge in [0.05, 0.1) is 6.10 Å². The van der Waals surface area contributed by atoms with Crippen molar-refractivity contribution in [1.82, 2.24) is 10.6 Å². The molecule has 1 atom stereocenters. The second-order valence-corrected chi connectivity index (χ2v) is 6.59. The van der Waals surface area contributed by atoms with E-state index in [2.05, 4.69) is 0 Å². The van der Waals surface area contributed by atoms with Crippen molar-refractivity contribution in [3.8, 4) is 0 Å². The minimum absolute atomic E-state index is 0.295. The summed E-state index contributed by atoms with van der Waals surface area (Å²) in [6.45, 7) is -0.351. The van der Waals surface area contributed by atoms with Crippen molar-refractivity contribution < 1.29 is 35.9 Å². The molecule has 2 aliphatic rings. The number of ether oxygens (including phenoxy) is 1. The number of halogens is 6. The topological polar surface area (TPSA) is 50.4 Å². The van der Waals surface area contributed by atoms with Crippen LogP contribution >= 0.6 is 0 Å². The van der Waals surface area contributed by atoms with E-state index in [0.717, 1.165) is 6.42 Å². The minimum Gasteiger partial charge on any atom is -0.377 e. The molecule has 0 bridgehead atoms. The molecule has 146 valence electrons. The number of amides is 1. The van der Waals surface area contributed by atoms with Crippen molar-refractivity contribution in [2.45, 2.75) is 69.1 Å². The monoisotopic (exact) mass is 376 g/mol. The Morgan fingerprint density at radius 2 is 1.52 bits per heavy atom. The van der Waals surface area contributed by atoms with Gasteiger partial charge in [-0.2, -0.15) is 26.3 Å². The molecule has 1 heterocycles. The van der Waals surface area contributed by atoms with E-state index in [9.17, 15) is 31.1 Å². The molecule has 25 heavy (non-hydrogen) atoms. The molecule has 10 heteroatoms. The Bertz CT molecular complexity index is 440. The lowest BCUT2D eigenvalue weighted by atomic mass is 9.88. The molecule has 1 aliphatic carbocycles. The molecule has 0 aromatic heterocycles. The Labute approximate surface area is 141 Å². The van der Waals surface area contributed by atoms with Gasteiger partial charge in [0, 0.05) is 19.1 Å². The molecule has 0 radical (unpaired) electrons. The number of carbonyl (C=O) groups excluding carboxylic acids is 1.